The van der Waals surface area contributed by atoms with E-state index in [4.69, 9.17) is 5.26 Å². The molecule has 0 saturated carbocycles. The number of fused-ring (bicyclic) bond motifs is 1. The molecule has 3 nitrogen and oxygen atoms in total. The van der Waals surface area contributed by atoms with Crippen LogP contribution in [-0.4, -0.2) is 9.38 Å². The highest BCUT2D eigenvalue weighted by molar-refractivity contribution is 7.15. The summed E-state index contributed by atoms with van der Waals surface area (Å²) >= 11 is 1.62. The van der Waals surface area contributed by atoms with Crippen LogP contribution in [0.3, 0.4) is 0 Å². The molecule has 0 unspecified atom stereocenters. The molecule has 0 aliphatic rings. The maximum absolute atomic E-state index is 8.79. The Kier molecular flexibility index (Phi) is 2.20. The molecule has 2 aromatic heterocycles. The van der Waals surface area contributed by atoms with Crippen molar-refractivity contribution in [2.75, 3.05) is 0 Å². The Morgan fingerprint density at radius 3 is 2.76 bits per heavy atom. The summed E-state index contributed by atoms with van der Waals surface area (Å²) in [5.74, 6) is 0. The molecule has 0 amide bonds. The van der Waals surface area contributed by atoms with Gasteiger partial charge in [-0.05, 0) is 19.1 Å². The van der Waals surface area contributed by atoms with Crippen LogP contribution in [0.1, 0.15) is 11.3 Å². The van der Waals surface area contributed by atoms with Gasteiger partial charge < -0.3 is 0 Å². The van der Waals surface area contributed by atoms with Crippen molar-refractivity contribution >= 4 is 16.3 Å². The molecule has 3 aromatic rings. The molecule has 0 saturated heterocycles. The van der Waals surface area contributed by atoms with Crippen molar-refractivity contribution in [3.8, 4) is 17.3 Å². The fraction of sp³-hybridized carbons (Fsp3) is 0.0769. The lowest BCUT2D eigenvalue weighted by Crippen LogP contribution is -1.86. The second-order valence-corrected chi connectivity index (χ2v) is 4.66. The van der Waals surface area contributed by atoms with Crippen LogP contribution >= 0.6 is 11.3 Å². The molecular weight excluding hydrogens is 230 g/mol. The SMILES string of the molecule is Cc1nc2sccn2c1-c1ccc(C#N)cc1. The predicted molar refractivity (Wildman–Crippen MR) is 68.0 cm³/mol. The molecule has 0 atom stereocenters. The van der Waals surface area contributed by atoms with Crippen LogP contribution in [0.4, 0.5) is 0 Å². The molecule has 0 fully saturated rings. The van der Waals surface area contributed by atoms with Crippen LogP contribution in [0.2, 0.25) is 0 Å². The van der Waals surface area contributed by atoms with Crippen molar-refractivity contribution in [3.05, 3.63) is 47.1 Å². The molecule has 2 heterocycles. The van der Waals surface area contributed by atoms with Crippen LogP contribution < -0.4 is 0 Å². The molecular formula is C13H9N3S. The van der Waals surface area contributed by atoms with E-state index in [0.29, 0.717) is 5.56 Å². The van der Waals surface area contributed by atoms with Gasteiger partial charge >= 0.3 is 0 Å². The number of hydrogen-bond donors (Lipinski definition) is 0. The van der Waals surface area contributed by atoms with Crippen molar-refractivity contribution in [2.45, 2.75) is 6.92 Å². The van der Waals surface area contributed by atoms with Crippen molar-refractivity contribution in [1.29, 1.82) is 5.26 Å². The van der Waals surface area contributed by atoms with Gasteiger partial charge in [0.15, 0.2) is 4.96 Å². The third-order valence-corrected chi connectivity index (χ3v) is 3.48. The monoisotopic (exact) mass is 239 g/mol. The number of thiazole rings is 1. The van der Waals surface area contributed by atoms with Gasteiger partial charge in [0.2, 0.25) is 0 Å². The summed E-state index contributed by atoms with van der Waals surface area (Å²) in [7, 11) is 0. The van der Waals surface area contributed by atoms with E-state index in [1.165, 1.54) is 0 Å². The van der Waals surface area contributed by atoms with Crippen LogP contribution in [0.15, 0.2) is 35.8 Å². The van der Waals surface area contributed by atoms with Gasteiger partial charge in [0.05, 0.1) is 23.0 Å². The first-order valence-electron chi connectivity index (χ1n) is 5.22. The van der Waals surface area contributed by atoms with Crippen molar-refractivity contribution < 1.29 is 0 Å². The smallest absolute Gasteiger partial charge is 0.194 e. The lowest BCUT2D eigenvalue weighted by Gasteiger charge is -2.01. The van der Waals surface area contributed by atoms with Gasteiger partial charge in [-0.15, -0.1) is 11.3 Å². The van der Waals surface area contributed by atoms with E-state index in [0.717, 1.165) is 21.9 Å². The molecule has 0 aliphatic carbocycles. The highest BCUT2D eigenvalue weighted by atomic mass is 32.1. The van der Waals surface area contributed by atoms with E-state index < -0.39 is 0 Å². The number of nitrogens with zero attached hydrogens (tertiary/aromatic N) is 3. The lowest BCUT2D eigenvalue weighted by molar-refractivity contribution is 1.23. The molecule has 0 radical (unpaired) electrons. The maximum atomic E-state index is 8.79. The standard InChI is InChI=1S/C13H9N3S/c1-9-12(16-6-7-17-13(16)15-9)11-4-2-10(8-14)3-5-11/h2-7H,1H3. The Hall–Kier alpha value is -2.12. The minimum absolute atomic E-state index is 0.678. The summed E-state index contributed by atoms with van der Waals surface area (Å²) in [5, 5.41) is 10.8. The summed E-state index contributed by atoms with van der Waals surface area (Å²) in [6.07, 6.45) is 2.02. The van der Waals surface area contributed by atoms with Crippen molar-refractivity contribution in [1.82, 2.24) is 9.38 Å². The molecule has 1 aromatic carbocycles. The number of hydrogen-bond acceptors (Lipinski definition) is 3. The minimum atomic E-state index is 0.678. The number of aryl methyl sites for hydroxylation is 1. The van der Waals surface area contributed by atoms with Crippen molar-refractivity contribution in [3.63, 3.8) is 0 Å². The van der Waals surface area contributed by atoms with E-state index in [1.807, 2.05) is 42.8 Å². The maximum Gasteiger partial charge on any atom is 0.194 e. The van der Waals surface area contributed by atoms with Gasteiger partial charge in [-0.2, -0.15) is 5.26 Å². The van der Waals surface area contributed by atoms with E-state index in [2.05, 4.69) is 15.5 Å². The lowest BCUT2D eigenvalue weighted by atomic mass is 10.1. The van der Waals surface area contributed by atoms with E-state index in [9.17, 15) is 0 Å². The Morgan fingerprint density at radius 1 is 1.29 bits per heavy atom. The first-order chi connectivity index (χ1) is 8.29. The molecule has 17 heavy (non-hydrogen) atoms. The van der Waals surface area contributed by atoms with Crippen LogP contribution in [0, 0.1) is 18.3 Å². The number of benzene rings is 1. The van der Waals surface area contributed by atoms with Gasteiger partial charge in [0, 0.05) is 17.1 Å². The average Bonchev–Trinajstić information content (AvgIpc) is 2.89. The second-order valence-electron chi connectivity index (χ2n) is 3.79. The zero-order valence-corrected chi connectivity index (χ0v) is 10.0. The van der Waals surface area contributed by atoms with Gasteiger partial charge in [-0.3, -0.25) is 4.40 Å². The third kappa shape index (κ3) is 1.52. The number of aromatic nitrogens is 2. The van der Waals surface area contributed by atoms with Crippen LogP contribution in [-0.2, 0) is 0 Å². The first-order valence-corrected chi connectivity index (χ1v) is 6.10. The van der Waals surface area contributed by atoms with Crippen LogP contribution in [0.25, 0.3) is 16.2 Å². The molecule has 0 spiro atoms. The highest BCUT2D eigenvalue weighted by Crippen LogP contribution is 2.26. The predicted octanol–water partition coefficient (Wildman–Crippen LogP) is 3.24. The summed E-state index contributed by atoms with van der Waals surface area (Å²) in [5.41, 5.74) is 3.89. The minimum Gasteiger partial charge on any atom is -0.290 e. The molecule has 0 N–H and O–H groups in total. The van der Waals surface area contributed by atoms with E-state index >= 15 is 0 Å². The van der Waals surface area contributed by atoms with Gasteiger partial charge in [0.1, 0.15) is 0 Å². The fourth-order valence-electron chi connectivity index (χ4n) is 1.94. The fourth-order valence-corrected chi connectivity index (χ4v) is 2.70. The summed E-state index contributed by atoms with van der Waals surface area (Å²) in [4.78, 5) is 5.51. The molecule has 4 heteroatoms. The average molecular weight is 239 g/mol. The Morgan fingerprint density at radius 2 is 2.06 bits per heavy atom. The summed E-state index contributed by atoms with van der Waals surface area (Å²) in [6, 6.07) is 9.72. The number of rotatable bonds is 1. The van der Waals surface area contributed by atoms with Gasteiger partial charge in [-0.1, -0.05) is 12.1 Å². The topological polar surface area (TPSA) is 41.1 Å². The Balaban J connectivity index is 2.22. The zero-order valence-electron chi connectivity index (χ0n) is 9.21. The quantitative estimate of drug-likeness (QED) is 0.654. The molecule has 82 valence electrons. The molecule has 3 rings (SSSR count). The third-order valence-electron chi connectivity index (χ3n) is 2.72. The number of nitriles is 1. The zero-order chi connectivity index (χ0) is 11.8. The Labute approximate surface area is 103 Å². The van der Waals surface area contributed by atoms with E-state index in [1.54, 1.807) is 11.3 Å². The largest absolute Gasteiger partial charge is 0.290 e. The van der Waals surface area contributed by atoms with E-state index in [-0.39, 0.29) is 0 Å². The van der Waals surface area contributed by atoms with Gasteiger partial charge in [-0.25, -0.2) is 4.98 Å². The van der Waals surface area contributed by atoms with Crippen LogP contribution in [0.5, 0.6) is 0 Å². The normalized spacial score (nSPS) is 10.6. The summed E-state index contributed by atoms with van der Waals surface area (Å²) in [6.45, 7) is 2.01. The van der Waals surface area contributed by atoms with Crippen molar-refractivity contribution in [2.24, 2.45) is 0 Å². The number of imidazole rings is 1. The molecule has 0 aliphatic heterocycles. The summed E-state index contributed by atoms with van der Waals surface area (Å²) < 4.78 is 2.08. The second kappa shape index (κ2) is 3.72. The molecule has 0 bridgehead atoms. The highest BCUT2D eigenvalue weighted by Gasteiger charge is 2.11. The Bertz CT molecular complexity index is 713. The first kappa shape index (κ1) is 10.1. The van der Waals surface area contributed by atoms with Gasteiger partial charge in [0.25, 0.3) is 0 Å².